The van der Waals surface area contributed by atoms with Gasteiger partial charge in [-0.2, -0.15) is 0 Å². The number of carbonyl (C=O) groups excluding carboxylic acids is 1. The van der Waals surface area contributed by atoms with Gasteiger partial charge in [-0.15, -0.1) is 12.4 Å². The summed E-state index contributed by atoms with van der Waals surface area (Å²) in [7, 11) is 0. The van der Waals surface area contributed by atoms with Crippen LogP contribution in [0.1, 0.15) is 12.8 Å². The molecule has 3 rings (SSSR count). The minimum absolute atomic E-state index is 0. The van der Waals surface area contributed by atoms with Gasteiger partial charge in [-0.05, 0) is 25.5 Å². The molecule has 2 aliphatic heterocycles. The van der Waals surface area contributed by atoms with Crippen molar-refractivity contribution < 1.29 is 9.72 Å². The van der Waals surface area contributed by atoms with Crippen molar-refractivity contribution in [3.63, 3.8) is 0 Å². The molecule has 7 nitrogen and oxygen atoms in total. The fraction of sp³-hybridized carbons (Fsp3) is 0.533. The van der Waals surface area contributed by atoms with Crippen molar-refractivity contribution in [1.29, 1.82) is 0 Å². The third-order valence-electron chi connectivity index (χ3n) is 4.36. The van der Waals surface area contributed by atoms with Crippen molar-refractivity contribution in [1.82, 2.24) is 10.2 Å². The standard InChI is InChI=1S/C15H20N4O3.ClH/c20-15(14-5-2-6-16-14)18-9-7-17(8-10-18)12-3-1-4-13(11-12)19(21)22;/h1,3-4,11,14,16H,2,5-10H2;1H. The number of nitrogens with one attached hydrogen (secondary N) is 1. The van der Waals surface area contributed by atoms with Crippen LogP contribution in [0, 0.1) is 10.1 Å². The number of nitro benzene ring substituents is 1. The number of hydrogen-bond acceptors (Lipinski definition) is 5. The molecule has 2 saturated heterocycles. The average molecular weight is 341 g/mol. The second kappa shape index (κ2) is 7.61. The van der Waals surface area contributed by atoms with Crippen LogP contribution in [0.15, 0.2) is 24.3 Å². The van der Waals surface area contributed by atoms with E-state index in [-0.39, 0.29) is 35.0 Å². The van der Waals surface area contributed by atoms with E-state index in [9.17, 15) is 14.9 Å². The van der Waals surface area contributed by atoms with E-state index in [2.05, 4.69) is 10.2 Å². The molecule has 8 heteroatoms. The second-order valence-electron chi connectivity index (χ2n) is 5.74. The first kappa shape index (κ1) is 17.5. The number of hydrogen-bond donors (Lipinski definition) is 1. The van der Waals surface area contributed by atoms with Gasteiger partial charge in [-0.25, -0.2) is 0 Å². The van der Waals surface area contributed by atoms with E-state index in [4.69, 9.17) is 0 Å². The number of anilines is 1. The van der Waals surface area contributed by atoms with E-state index in [1.54, 1.807) is 12.1 Å². The molecule has 1 aromatic rings. The van der Waals surface area contributed by atoms with Crippen LogP contribution in [-0.4, -0.2) is 54.5 Å². The van der Waals surface area contributed by atoms with E-state index < -0.39 is 0 Å². The van der Waals surface area contributed by atoms with Gasteiger partial charge in [0.15, 0.2) is 0 Å². The van der Waals surface area contributed by atoms with Gasteiger partial charge in [0.2, 0.25) is 5.91 Å². The minimum atomic E-state index is -0.380. The normalized spacial score (nSPS) is 21.0. The maximum atomic E-state index is 12.3. The van der Waals surface area contributed by atoms with Gasteiger partial charge in [0.25, 0.3) is 5.69 Å². The largest absolute Gasteiger partial charge is 0.368 e. The first-order chi connectivity index (χ1) is 10.6. The molecule has 1 amide bonds. The predicted octanol–water partition coefficient (Wildman–Crippen LogP) is 1.42. The summed E-state index contributed by atoms with van der Waals surface area (Å²) in [6.45, 7) is 3.67. The zero-order valence-corrected chi connectivity index (χ0v) is 13.6. The van der Waals surface area contributed by atoms with Crippen molar-refractivity contribution in [3.05, 3.63) is 34.4 Å². The minimum Gasteiger partial charge on any atom is -0.368 e. The molecule has 0 radical (unpaired) electrons. The quantitative estimate of drug-likeness (QED) is 0.665. The first-order valence-corrected chi connectivity index (χ1v) is 7.67. The molecular formula is C15H21ClN4O3. The number of benzene rings is 1. The fourth-order valence-electron chi connectivity index (χ4n) is 3.10. The smallest absolute Gasteiger partial charge is 0.271 e. The monoisotopic (exact) mass is 340 g/mol. The molecule has 126 valence electrons. The van der Waals surface area contributed by atoms with Gasteiger partial charge in [-0.1, -0.05) is 6.07 Å². The molecule has 1 N–H and O–H groups in total. The summed E-state index contributed by atoms with van der Waals surface area (Å²) in [5.74, 6) is 0.191. The van der Waals surface area contributed by atoms with Crippen LogP contribution in [0.3, 0.4) is 0 Å². The highest BCUT2D eigenvalue weighted by Gasteiger charge is 2.29. The van der Waals surface area contributed by atoms with Crippen LogP contribution < -0.4 is 10.2 Å². The second-order valence-corrected chi connectivity index (χ2v) is 5.74. The summed E-state index contributed by atoms with van der Waals surface area (Å²) >= 11 is 0. The van der Waals surface area contributed by atoms with Gasteiger partial charge in [0, 0.05) is 44.0 Å². The lowest BCUT2D eigenvalue weighted by atomic mass is 10.1. The van der Waals surface area contributed by atoms with Crippen LogP contribution in [0.5, 0.6) is 0 Å². The van der Waals surface area contributed by atoms with Gasteiger partial charge >= 0.3 is 0 Å². The lowest BCUT2D eigenvalue weighted by Gasteiger charge is -2.37. The summed E-state index contributed by atoms with van der Waals surface area (Å²) in [5.41, 5.74) is 0.950. The number of nitro groups is 1. The maximum Gasteiger partial charge on any atom is 0.271 e. The molecule has 0 aromatic heterocycles. The molecule has 23 heavy (non-hydrogen) atoms. The Kier molecular flexibility index (Phi) is 5.79. The summed E-state index contributed by atoms with van der Waals surface area (Å²) < 4.78 is 0. The Bertz CT molecular complexity index is 570. The molecule has 1 aromatic carbocycles. The topological polar surface area (TPSA) is 78.7 Å². The van der Waals surface area contributed by atoms with Gasteiger partial charge < -0.3 is 15.1 Å². The molecule has 0 aliphatic carbocycles. The molecular weight excluding hydrogens is 320 g/mol. The SMILES string of the molecule is Cl.O=C(C1CCCN1)N1CCN(c2cccc([N+](=O)[O-])c2)CC1. The van der Waals surface area contributed by atoms with Crippen LogP contribution in [0.25, 0.3) is 0 Å². The van der Waals surface area contributed by atoms with E-state index in [0.29, 0.717) is 26.2 Å². The van der Waals surface area contributed by atoms with Crippen molar-refractivity contribution in [2.24, 2.45) is 0 Å². The lowest BCUT2D eigenvalue weighted by Crippen LogP contribution is -2.53. The number of non-ortho nitro benzene ring substituents is 1. The zero-order chi connectivity index (χ0) is 15.5. The number of nitrogens with zero attached hydrogens (tertiary/aromatic N) is 3. The van der Waals surface area contributed by atoms with Crippen LogP contribution in [0.2, 0.25) is 0 Å². The Morgan fingerprint density at radius 1 is 1.26 bits per heavy atom. The highest BCUT2D eigenvalue weighted by molar-refractivity contribution is 5.85. The van der Waals surface area contributed by atoms with Gasteiger partial charge in [0.05, 0.1) is 11.0 Å². The molecule has 1 atom stereocenters. The Labute approximate surface area is 141 Å². The number of piperazine rings is 1. The van der Waals surface area contributed by atoms with Crippen LogP contribution in [0.4, 0.5) is 11.4 Å². The highest BCUT2D eigenvalue weighted by Crippen LogP contribution is 2.22. The summed E-state index contributed by atoms with van der Waals surface area (Å²) in [6, 6.07) is 6.64. The molecule has 1 unspecified atom stereocenters. The molecule has 2 fully saturated rings. The molecule has 2 aliphatic rings. The van der Waals surface area contributed by atoms with Gasteiger partial charge in [-0.3, -0.25) is 14.9 Å². The number of halogens is 1. The Balaban J connectivity index is 0.00000192. The van der Waals surface area contributed by atoms with Crippen molar-refractivity contribution >= 4 is 29.7 Å². The van der Waals surface area contributed by atoms with E-state index in [0.717, 1.165) is 25.1 Å². The fourth-order valence-corrected chi connectivity index (χ4v) is 3.10. The number of amides is 1. The lowest BCUT2D eigenvalue weighted by molar-refractivity contribution is -0.384. The molecule has 0 spiro atoms. The third-order valence-corrected chi connectivity index (χ3v) is 4.36. The Hall–Kier alpha value is -1.86. The van der Waals surface area contributed by atoms with Crippen LogP contribution >= 0.6 is 12.4 Å². The first-order valence-electron chi connectivity index (χ1n) is 7.67. The summed E-state index contributed by atoms with van der Waals surface area (Å²) in [4.78, 5) is 26.8. The Morgan fingerprint density at radius 3 is 2.61 bits per heavy atom. The third kappa shape index (κ3) is 3.92. The van der Waals surface area contributed by atoms with E-state index >= 15 is 0 Å². The summed E-state index contributed by atoms with van der Waals surface area (Å²) in [6.07, 6.45) is 1.98. The molecule has 2 heterocycles. The van der Waals surface area contributed by atoms with Crippen molar-refractivity contribution in [2.75, 3.05) is 37.6 Å². The maximum absolute atomic E-state index is 12.3. The highest BCUT2D eigenvalue weighted by atomic mass is 35.5. The molecule has 0 saturated carbocycles. The Morgan fingerprint density at radius 2 is 2.00 bits per heavy atom. The summed E-state index contributed by atoms with van der Waals surface area (Å²) in [5, 5.41) is 14.1. The zero-order valence-electron chi connectivity index (χ0n) is 12.8. The van der Waals surface area contributed by atoms with Crippen molar-refractivity contribution in [2.45, 2.75) is 18.9 Å². The predicted molar refractivity (Wildman–Crippen MR) is 90.2 cm³/mol. The molecule has 0 bridgehead atoms. The average Bonchev–Trinajstić information content (AvgIpc) is 3.09. The van der Waals surface area contributed by atoms with E-state index in [1.807, 2.05) is 11.0 Å². The van der Waals surface area contributed by atoms with Gasteiger partial charge in [0.1, 0.15) is 0 Å². The number of carbonyl (C=O) groups is 1. The van der Waals surface area contributed by atoms with Crippen molar-refractivity contribution in [3.8, 4) is 0 Å². The number of rotatable bonds is 3. The van der Waals surface area contributed by atoms with E-state index in [1.165, 1.54) is 6.07 Å². The van der Waals surface area contributed by atoms with Crippen LogP contribution in [-0.2, 0) is 4.79 Å².